The lowest BCUT2D eigenvalue weighted by molar-refractivity contribution is 0.217. The number of thioether (sulfide) groups is 1. The largest absolute Gasteiger partial charge is 0.336 e. The minimum absolute atomic E-state index is 0.0917. The number of hydrogen-bond donors (Lipinski definition) is 2. The molecule has 1 saturated carbocycles. The van der Waals surface area contributed by atoms with Gasteiger partial charge in [0.1, 0.15) is 0 Å². The topological polar surface area (TPSA) is 44.4 Å². The van der Waals surface area contributed by atoms with Gasteiger partial charge in [0.15, 0.2) is 0 Å². The van der Waals surface area contributed by atoms with Crippen molar-refractivity contribution in [3.63, 3.8) is 0 Å². The molecule has 1 saturated heterocycles. The minimum Gasteiger partial charge on any atom is -0.336 e. The molecular weight excluding hydrogens is 246 g/mol. The van der Waals surface area contributed by atoms with Crippen molar-refractivity contribution < 1.29 is 4.79 Å². The van der Waals surface area contributed by atoms with Gasteiger partial charge >= 0.3 is 6.03 Å². The first kappa shape index (κ1) is 14.0. The van der Waals surface area contributed by atoms with E-state index in [0.29, 0.717) is 4.75 Å². The van der Waals surface area contributed by atoms with Crippen molar-refractivity contribution in [1.29, 1.82) is 0 Å². The standard InChI is InChI=1S/C13H25N3OS/c1-18-13(5-3-2-4-6-13)11-14-7-9-16-10-8-15-12(16)17/h14H,2-11H2,1H3,(H,15,17). The number of hydrogen-bond acceptors (Lipinski definition) is 3. The van der Waals surface area contributed by atoms with Crippen LogP contribution in [0.15, 0.2) is 0 Å². The molecule has 2 aliphatic rings. The first-order valence-corrected chi connectivity index (χ1v) is 8.27. The van der Waals surface area contributed by atoms with Crippen LogP contribution < -0.4 is 10.6 Å². The van der Waals surface area contributed by atoms with Crippen LogP contribution >= 0.6 is 11.8 Å². The fourth-order valence-electron chi connectivity index (χ4n) is 2.90. The van der Waals surface area contributed by atoms with Crippen molar-refractivity contribution in [2.75, 3.05) is 39.0 Å². The zero-order valence-electron chi connectivity index (χ0n) is 11.3. The van der Waals surface area contributed by atoms with Crippen molar-refractivity contribution in [3.05, 3.63) is 0 Å². The molecule has 2 fully saturated rings. The molecule has 0 aromatic heterocycles. The van der Waals surface area contributed by atoms with Crippen LogP contribution in [-0.4, -0.2) is 54.7 Å². The Bertz CT molecular complexity index is 279. The average Bonchev–Trinajstić information content (AvgIpc) is 2.82. The van der Waals surface area contributed by atoms with E-state index >= 15 is 0 Å². The van der Waals surface area contributed by atoms with Gasteiger partial charge in [-0.2, -0.15) is 11.8 Å². The minimum atomic E-state index is 0.0917. The van der Waals surface area contributed by atoms with Gasteiger partial charge in [0.2, 0.25) is 0 Å². The molecular formula is C13H25N3OS. The zero-order chi connectivity index (χ0) is 12.8. The molecule has 5 heteroatoms. The molecule has 0 radical (unpaired) electrons. The fraction of sp³-hybridized carbons (Fsp3) is 0.923. The zero-order valence-corrected chi connectivity index (χ0v) is 12.2. The van der Waals surface area contributed by atoms with Crippen molar-refractivity contribution in [2.45, 2.75) is 36.9 Å². The van der Waals surface area contributed by atoms with E-state index in [9.17, 15) is 4.79 Å². The summed E-state index contributed by atoms with van der Waals surface area (Å²) >= 11 is 2.02. The summed E-state index contributed by atoms with van der Waals surface area (Å²) in [5.41, 5.74) is 0. The number of amides is 2. The molecule has 18 heavy (non-hydrogen) atoms. The Morgan fingerprint density at radius 3 is 2.78 bits per heavy atom. The normalized spacial score (nSPS) is 23.2. The highest BCUT2D eigenvalue weighted by atomic mass is 32.2. The molecule has 0 atom stereocenters. The quantitative estimate of drug-likeness (QED) is 0.722. The lowest BCUT2D eigenvalue weighted by Gasteiger charge is -2.36. The summed E-state index contributed by atoms with van der Waals surface area (Å²) in [7, 11) is 0. The number of carbonyl (C=O) groups excluding carboxylic acids is 1. The number of urea groups is 1. The predicted molar refractivity (Wildman–Crippen MR) is 77.2 cm³/mol. The molecule has 4 nitrogen and oxygen atoms in total. The Hall–Kier alpha value is -0.420. The fourth-order valence-corrected chi connectivity index (χ4v) is 3.85. The highest BCUT2D eigenvalue weighted by Gasteiger charge is 2.30. The third kappa shape index (κ3) is 3.54. The predicted octanol–water partition coefficient (Wildman–Crippen LogP) is 1.67. The molecule has 0 bridgehead atoms. The molecule has 2 rings (SSSR count). The summed E-state index contributed by atoms with van der Waals surface area (Å²) in [6.07, 6.45) is 9.06. The summed E-state index contributed by atoms with van der Waals surface area (Å²) in [6.45, 7) is 4.48. The number of rotatable bonds is 6. The molecule has 0 spiro atoms. The van der Waals surface area contributed by atoms with E-state index in [0.717, 1.165) is 32.7 Å². The van der Waals surface area contributed by atoms with E-state index in [-0.39, 0.29) is 6.03 Å². The van der Waals surface area contributed by atoms with Gasteiger partial charge in [-0.05, 0) is 19.1 Å². The maximum absolute atomic E-state index is 11.4. The molecule has 0 aromatic rings. The Kier molecular flexibility index (Phi) is 5.18. The van der Waals surface area contributed by atoms with Gasteiger partial charge in [-0.3, -0.25) is 0 Å². The van der Waals surface area contributed by atoms with Crippen molar-refractivity contribution >= 4 is 17.8 Å². The number of nitrogens with zero attached hydrogens (tertiary/aromatic N) is 1. The van der Waals surface area contributed by atoms with Gasteiger partial charge in [-0.1, -0.05) is 19.3 Å². The van der Waals surface area contributed by atoms with Crippen molar-refractivity contribution in [1.82, 2.24) is 15.5 Å². The average molecular weight is 271 g/mol. The molecule has 1 heterocycles. The molecule has 2 N–H and O–H groups in total. The summed E-state index contributed by atoms with van der Waals surface area (Å²) in [6, 6.07) is 0.0917. The Morgan fingerprint density at radius 1 is 1.39 bits per heavy atom. The molecule has 1 aliphatic heterocycles. The third-order valence-electron chi connectivity index (χ3n) is 4.15. The van der Waals surface area contributed by atoms with E-state index in [4.69, 9.17) is 0 Å². The lowest BCUT2D eigenvalue weighted by Crippen LogP contribution is -2.42. The molecule has 0 unspecified atom stereocenters. The van der Waals surface area contributed by atoms with Gasteiger partial charge in [0.25, 0.3) is 0 Å². The molecule has 0 aromatic carbocycles. The van der Waals surface area contributed by atoms with Crippen molar-refractivity contribution in [2.24, 2.45) is 0 Å². The maximum atomic E-state index is 11.4. The van der Waals surface area contributed by atoms with E-state index < -0.39 is 0 Å². The van der Waals surface area contributed by atoms with Gasteiger partial charge in [-0.25, -0.2) is 4.79 Å². The smallest absolute Gasteiger partial charge is 0.317 e. The van der Waals surface area contributed by atoms with E-state index in [2.05, 4.69) is 16.9 Å². The molecule has 104 valence electrons. The van der Waals surface area contributed by atoms with Crippen LogP contribution in [0, 0.1) is 0 Å². The van der Waals surface area contributed by atoms with E-state index in [1.165, 1.54) is 32.1 Å². The Labute approximate surface area is 114 Å². The SMILES string of the molecule is CSC1(CNCCN2CCNC2=O)CCCCC1. The second kappa shape index (κ2) is 6.66. The highest BCUT2D eigenvalue weighted by molar-refractivity contribution is 8.00. The van der Waals surface area contributed by atoms with Crippen molar-refractivity contribution in [3.8, 4) is 0 Å². The highest BCUT2D eigenvalue weighted by Crippen LogP contribution is 2.37. The lowest BCUT2D eigenvalue weighted by atomic mass is 9.88. The summed E-state index contributed by atoms with van der Waals surface area (Å²) < 4.78 is 0.450. The summed E-state index contributed by atoms with van der Waals surface area (Å²) in [5.74, 6) is 0. The molecule has 1 aliphatic carbocycles. The molecule has 2 amide bonds. The van der Waals surface area contributed by atoms with Crippen LogP contribution in [0.2, 0.25) is 0 Å². The monoisotopic (exact) mass is 271 g/mol. The second-order valence-electron chi connectivity index (χ2n) is 5.34. The van der Waals surface area contributed by atoms with Gasteiger partial charge < -0.3 is 15.5 Å². The Morgan fingerprint density at radius 2 is 2.17 bits per heavy atom. The maximum Gasteiger partial charge on any atom is 0.317 e. The van der Waals surface area contributed by atoms with E-state index in [1.807, 2.05) is 16.7 Å². The summed E-state index contributed by atoms with van der Waals surface area (Å²) in [5, 5.41) is 6.39. The van der Waals surface area contributed by atoms with Gasteiger partial charge in [-0.15, -0.1) is 0 Å². The van der Waals surface area contributed by atoms with Crippen LogP contribution in [0.25, 0.3) is 0 Å². The van der Waals surface area contributed by atoms with Gasteiger partial charge in [0.05, 0.1) is 0 Å². The third-order valence-corrected chi connectivity index (χ3v) is 5.57. The first-order valence-electron chi connectivity index (χ1n) is 7.04. The second-order valence-corrected chi connectivity index (χ2v) is 6.62. The Balaban J connectivity index is 1.65. The van der Waals surface area contributed by atoms with Crippen LogP contribution in [0.1, 0.15) is 32.1 Å². The van der Waals surface area contributed by atoms with E-state index in [1.54, 1.807) is 0 Å². The number of carbonyl (C=O) groups is 1. The van der Waals surface area contributed by atoms with Crippen LogP contribution in [-0.2, 0) is 0 Å². The van der Waals surface area contributed by atoms with Gasteiger partial charge in [0, 0.05) is 37.5 Å². The van der Waals surface area contributed by atoms with Crippen LogP contribution in [0.5, 0.6) is 0 Å². The van der Waals surface area contributed by atoms with Crippen LogP contribution in [0.4, 0.5) is 4.79 Å². The summed E-state index contributed by atoms with van der Waals surface area (Å²) in [4.78, 5) is 13.3. The van der Waals surface area contributed by atoms with Crippen LogP contribution in [0.3, 0.4) is 0 Å². The number of nitrogens with one attached hydrogen (secondary N) is 2. The first-order chi connectivity index (χ1) is 8.76.